The van der Waals surface area contributed by atoms with Crippen molar-refractivity contribution in [2.24, 2.45) is 0 Å². The highest BCUT2D eigenvalue weighted by Crippen LogP contribution is 2.09. The third-order valence-corrected chi connectivity index (χ3v) is 3.20. The Kier molecular flexibility index (Phi) is 4.47. The molecule has 0 N–H and O–H groups in total. The molecule has 4 nitrogen and oxygen atoms in total. The zero-order chi connectivity index (χ0) is 12.8. The van der Waals surface area contributed by atoms with Gasteiger partial charge in [-0.05, 0) is 25.2 Å². The minimum Gasteiger partial charge on any atom is -0.303 e. The van der Waals surface area contributed by atoms with Gasteiger partial charge in [0.2, 0.25) is 0 Å². The molecule has 0 bridgehead atoms. The molecule has 96 valence electrons. The highest BCUT2D eigenvalue weighted by Gasteiger charge is 2.07. The van der Waals surface area contributed by atoms with Gasteiger partial charge in [-0.2, -0.15) is 0 Å². The van der Waals surface area contributed by atoms with E-state index in [2.05, 4.69) is 45.6 Å². The minimum atomic E-state index is 0.927. The Balaban J connectivity index is 2.09. The number of hydrogen-bond donors (Lipinski definition) is 0. The van der Waals surface area contributed by atoms with Crippen molar-refractivity contribution in [3.05, 3.63) is 42.5 Å². The van der Waals surface area contributed by atoms with E-state index in [1.54, 1.807) is 6.33 Å². The van der Waals surface area contributed by atoms with Gasteiger partial charge < -0.3 is 4.90 Å². The number of nitrogens with zero attached hydrogens (tertiary/aromatic N) is 4. The second-order valence-corrected chi connectivity index (χ2v) is 4.23. The summed E-state index contributed by atoms with van der Waals surface area (Å²) in [7, 11) is 0. The summed E-state index contributed by atoms with van der Waals surface area (Å²) in [6, 6.07) is 10.2. The van der Waals surface area contributed by atoms with Crippen molar-refractivity contribution in [1.29, 1.82) is 0 Å². The molecule has 0 unspecified atom stereocenters. The lowest BCUT2D eigenvalue weighted by molar-refractivity contribution is 0.305. The summed E-state index contributed by atoms with van der Waals surface area (Å²) < 4.78 is 2.06. The molecule has 0 aliphatic rings. The van der Waals surface area contributed by atoms with Gasteiger partial charge in [0.05, 0.1) is 0 Å². The molecular weight excluding hydrogens is 224 g/mol. The van der Waals surface area contributed by atoms with Crippen LogP contribution in [0.4, 0.5) is 0 Å². The van der Waals surface area contributed by atoms with Gasteiger partial charge in [-0.3, -0.25) is 4.57 Å². The number of benzene rings is 1. The minimum absolute atomic E-state index is 0.927. The van der Waals surface area contributed by atoms with Crippen LogP contribution in [0.1, 0.15) is 19.7 Å². The van der Waals surface area contributed by atoms with Gasteiger partial charge in [-0.15, -0.1) is 10.2 Å². The van der Waals surface area contributed by atoms with E-state index in [1.807, 2.05) is 18.2 Å². The monoisotopic (exact) mass is 244 g/mol. The smallest absolute Gasteiger partial charge is 0.138 e. The molecule has 18 heavy (non-hydrogen) atoms. The lowest BCUT2D eigenvalue weighted by atomic mass is 10.3. The normalized spacial score (nSPS) is 11.1. The van der Waals surface area contributed by atoms with E-state index < -0.39 is 0 Å². The molecule has 4 heteroatoms. The quantitative estimate of drug-likeness (QED) is 0.781. The van der Waals surface area contributed by atoms with Gasteiger partial charge in [0, 0.05) is 18.7 Å². The van der Waals surface area contributed by atoms with Gasteiger partial charge in [0.15, 0.2) is 0 Å². The van der Waals surface area contributed by atoms with E-state index in [1.165, 1.54) is 0 Å². The molecule has 1 heterocycles. The Hall–Kier alpha value is -1.68. The highest BCUT2D eigenvalue weighted by molar-refractivity contribution is 5.31. The van der Waals surface area contributed by atoms with Crippen molar-refractivity contribution < 1.29 is 0 Å². The Morgan fingerprint density at radius 1 is 1.11 bits per heavy atom. The van der Waals surface area contributed by atoms with E-state index in [9.17, 15) is 0 Å². The first kappa shape index (κ1) is 12.8. The summed E-state index contributed by atoms with van der Waals surface area (Å²) in [5, 5.41) is 8.24. The van der Waals surface area contributed by atoms with Crippen molar-refractivity contribution in [3.8, 4) is 5.69 Å². The van der Waals surface area contributed by atoms with Crippen molar-refractivity contribution in [3.63, 3.8) is 0 Å². The predicted octanol–water partition coefficient (Wildman–Crippen LogP) is 2.15. The maximum Gasteiger partial charge on any atom is 0.138 e. The van der Waals surface area contributed by atoms with Crippen LogP contribution in [-0.4, -0.2) is 39.3 Å². The molecule has 0 saturated carbocycles. The summed E-state index contributed by atoms with van der Waals surface area (Å²) in [6.07, 6.45) is 2.71. The number of likely N-dealkylation sites (N-methyl/N-ethyl adjacent to an activating group) is 1. The Morgan fingerprint density at radius 2 is 1.83 bits per heavy atom. The summed E-state index contributed by atoms with van der Waals surface area (Å²) in [5.41, 5.74) is 1.12. The molecule has 0 aliphatic carbocycles. The van der Waals surface area contributed by atoms with E-state index in [4.69, 9.17) is 0 Å². The zero-order valence-corrected chi connectivity index (χ0v) is 11.1. The molecule has 1 aromatic heterocycles. The lowest BCUT2D eigenvalue weighted by Crippen LogP contribution is -2.26. The van der Waals surface area contributed by atoms with Crippen LogP contribution in [0.5, 0.6) is 0 Å². The SMILES string of the molecule is CCN(CC)CCc1nncn1-c1ccccc1. The standard InChI is InChI=1S/C14H20N4/c1-3-17(4-2)11-10-14-16-15-12-18(14)13-8-6-5-7-9-13/h5-9,12H,3-4,10-11H2,1-2H3. The Labute approximate surface area is 108 Å². The molecule has 2 rings (SSSR count). The fraction of sp³-hybridized carbons (Fsp3) is 0.429. The van der Waals surface area contributed by atoms with Crippen LogP contribution in [0.25, 0.3) is 5.69 Å². The number of hydrogen-bond acceptors (Lipinski definition) is 3. The van der Waals surface area contributed by atoms with Crippen molar-refractivity contribution in [1.82, 2.24) is 19.7 Å². The van der Waals surface area contributed by atoms with Gasteiger partial charge in [0.25, 0.3) is 0 Å². The maximum atomic E-state index is 4.22. The lowest BCUT2D eigenvalue weighted by Gasteiger charge is -2.17. The van der Waals surface area contributed by atoms with Gasteiger partial charge in [-0.25, -0.2) is 0 Å². The summed E-state index contributed by atoms with van der Waals surface area (Å²) in [6.45, 7) is 7.56. The van der Waals surface area contributed by atoms with Crippen LogP contribution in [-0.2, 0) is 6.42 Å². The van der Waals surface area contributed by atoms with Crippen LogP contribution in [0, 0.1) is 0 Å². The maximum absolute atomic E-state index is 4.22. The predicted molar refractivity (Wildman–Crippen MR) is 72.9 cm³/mol. The van der Waals surface area contributed by atoms with E-state index in [0.717, 1.165) is 37.6 Å². The van der Waals surface area contributed by atoms with Crippen molar-refractivity contribution >= 4 is 0 Å². The zero-order valence-electron chi connectivity index (χ0n) is 11.1. The Morgan fingerprint density at radius 3 is 2.50 bits per heavy atom. The topological polar surface area (TPSA) is 34.0 Å². The molecule has 0 amide bonds. The number of rotatable bonds is 6. The first-order chi connectivity index (χ1) is 8.85. The van der Waals surface area contributed by atoms with E-state index in [0.29, 0.717) is 0 Å². The van der Waals surface area contributed by atoms with Crippen LogP contribution >= 0.6 is 0 Å². The summed E-state index contributed by atoms with van der Waals surface area (Å²) in [5.74, 6) is 1.02. The molecule has 0 saturated heterocycles. The molecule has 0 fully saturated rings. The summed E-state index contributed by atoms with van der Waals surface area (Å²) >= 11 is 0. The third kappa shape index (κ3) is 2.96. The van der Waals surface area contributed by atoms with Crippen molar-refractivity contribution in [2.75, 3.05) is 19.6 Å². The largest absolute Gasteiger partial charge is 0.303 e. The fourth-order valence-corrected chi connectivity index (χ4v) is 2.03. The third-order valence-electron chi connectivity index (χ3n) is 3.20. The average molecular weight is 244 g/mol. The molecule has 0 radical (unpaired) electrons. The first-order valence-corrected chi connectivity index (χ1v) is 6.51. The first-order valence-electron chi connectivity index (χ1n) is 6.51. The second-order valence-electron chi connectivity index (χ2n) is 4.23. The molecule has 2 aromatic rings. The van der Waals surface area contributed by atoms with Gasteiger partial charge in [0.1, 0.15) is 12.2 Å². The fourth-order valence-electron chi connectivity index (χ4n) is 2.03. The molecule has 0 aliphatic heterocycles. The van der Waals surface area contributed by atoms with Gasteiger partial charge in [-0.1, -0.05) is 32.0 Å². The summed E-state index contributed by atoms with van der Waals surface area (Å²) in [4.78, 5) is 2.39. The molecule has 0 atom stereocenters. The number of aromatic nitrogens is 3. The van der Waals surface area contributed by atoms with Crippen LogP contribution in [0.2, 0.25) is 0 Å². The van der Waals surface area contributed by atoms with Crippen LogP contribution < -0.4 is 0 Å². The van der Waals surface area contributed by atoms with Crippen LogP contribution in [0.3, 0.4) is 0 Å². The van der Waals surface area contributed by atoms with Crippen LogP contribution in [0.15, 0.2) is 36.7 Å². The van der Waals surface area contributed by atoms with Gasteiger partial charge >= 0.3 is 0 Å². The van der Waals surface area contributed by atoms with E-state index >= 15 is 0 Å². The molecule has 1 aromatic carbocycles. The number of para-hydroxylation sites is 1. The average Bonchev–Trinajstić information content (AvgIpc) is 2.89. The van der Waals surface area contributed by atoms with Crippen molar-refractivity contribution in [2.45, 2.75) is 20.3 Å². The highest BCUT2D eigenvalue weighted by atomic mass is 15.3. The Bertz CT molecular complexity index is 460. The molecule has 0 spiro atoms. The van der Waals surface area contributed by atoms with E-state index in [-0.39, 0.29) is 0 Å². The second kappa shape index (κ2) is 6.31. The molecular formula is C14H20N4.